The minimum absolute atomic E-state index is 0.0813. The first-order valence-electron chi connectivity index (χ1n) is 7.64. The maximum Gasteiger partial charge on any atom is 0.238 e. The molecule has 2 amide bonds. The number of benzene rings is 2. The van der Waals surface area contributed by atoms with E-state index in [9.17, 15) is 9.59 Å². The normalized spacial score (nSPS) is 10.6. The third kappa shape index (κ3) is 6.16. The van der Waals surface area contributed by atoms with Crippen LogP contribution in [0.2, 0.25) is 5.02 Å². The lowest BCUT2D eigenvalue weighted by Crippen LogP contribution is -2.36. The molecule has 0 unspecified atom stereocenters. The van der Waals surface area contributed by atoms with Crippen LogP contribution in [-0.2, 0) is 9.59 Å². The third-order valence-corrected chi connectivity index (χ3v) is 4.26. The monoisotopic (exact) mass is 423 g/mol. The molecule has 0 aliphatic carbocycles. The van der Waals surface area contributed by atoms with E-state index >= 15 is 0 Å². The Morgan fingerprint density at radius 1 is 1.04 bits per heavy atom. The lowest BCUT2D eigenvalue weighted by atomic mass is 10.2. The molecule has 2 N–H and O–H groups in total. The Hall–Kier alpha value is -1.89. The Morgan fingerprint density at radius 2 is 1.64 bits per heavy atom. The predicted octanol–water partition coefficient (Wildman–Crippen LogP) is 3.92. The summed E-state index contributed by atoms with van der Waals surface area (Å²) in [5.41, 5.74) is 2.27. The Labute approximate surface area is 160 Å². The van der Waals surface area contributed by atoms with E-state index in [4.69, 9.17) is 11.6 Å². The first kappa shape index (κ1) is 19.4. The SMILES string of the molecule is Cc1cc(Br)ccc1NC(=O)CN(C)CC(=O)Nc1ccccc1Cl. The average molecular weight is 425 g/mol. The molecule has 0 aliphatic rings. The zero-order valence-corrected chi connectivity index (χ0v) is 16.3. The van der Waals surface area contributed by atoms with E-state index in [1.165, 1.54) is 0 Å². The number of para-hydroxylation sites is 1. The summed E-state index contributed by atoms with van der Waals surface area (Å²) in [5, 5.41) is 6.05. The van der Waals surface area contributed by atoms with Crippen LogP contribution in [0.4, 0.5) is 11.4 Å². The van der Waals surface area contributed by atoms with Crippen molar-refractivity contribution in [2.75, 3.05) is 30.8 Å². The molecule has 2 rings (SSSR count). The molecule has 0 bridgehead atoms. The van der Waals surface area contributed by atoms with Crippen molar-refractivity contribution >= 4 is 50.7 Å². The molecule has 25 heavy (non-hydrogen) atoms. The minimum Gasteiger partial charge on any atom is -0.325 e. The molecule has 5 nitrogen and oxygen atoms in total. The van der Waals surface area contributed by atoms with E-state index in [2.05, 4.69) is 26.6 Å². The predicted molar refractivity (Wildman–Crippen MR) is 105 cm³/mol. The lowest BCUT2D eigenvalue weighted by Gasteiger charge is -2.17. The third-order valence-electron chi connectivity index (χ3n) is 3.44. The van der Waals surface area contributed by atoms with Gasteiger partial charge in [0.1, 0.15) is 0 Å². The number of likely N-dealkylation sites (N-methyl/N-ethyl adjacent to an activating group) is 1. The fraction of sp³-hybridized carbons (Fsp3) is 0.222. The van der Waals surface area contributed by atoms with Gasteiger partial charge in [-0.3, -0.25) is 14.5 Å². The number of anilines is 2. The van der Waals surface area contributed by atoms with Crippen molar-refractivity contribution < 1.29 is 9.59 Å². The summed E-state index contributed by atoms with van der Waals surface area (Å²) in [6, 6.07) is 12.6. The van der Waals surface area contributed by atoms with Crippen LogP contribution in [0.3, 0.4) is 0 Å². The van der Waals surface area contributed by atoms with E-state index in [-0.39, 0.29) is 24.9 Å². The molecule has 0 spiro atoms. The van der Waals surface area contributed by atoms with Gasteiger partial charge in [-0.25, -0.2) is 0 Å². The fourth-order valence-corrected chi connectivity index (χ4v) is 2.91. The molecule has 0 aromatic heterocycles. The molecule has 7 heteroatoms. The van der Waals surface area contributed by atoms with E-state index in [0.717, 1.165) is 15.7 Å². The molecule has 0 aliphatic heterocycles. The highest BCUT2D eigenvalue weighted by atomic mass is 79.9. The second-order valence-corrected chi connectivity index (χ2v) is 7.03. The highest BCUT2D eigenvalue weighted by molar-refractivity contribution is 9.10. The fourth-order valence-electron chi connectivity index (χ4n) is 2.26. The Morgan fingerprint density at radius 3 is 2.24 bits per heavy atom. The van der Waals surface area contributed by atoms with Crippen molar-refractivity contribution in [3.8, 4) is 0 Å². The molecule has 0 radical (unpaired) electrons. The number of carbonyl (C=O) groups excluding carboxylic acids is 2. The maximum atomic E-state index is 12.1. The van der Waals surface area contributed by atoms with Gasteiger partial charge < -0.3 is 10.6 Å². The number of carbonyl (C=O) groups is 2. The van der Waals surface area contributed by atoms with Gasteiger partial charge in [0.2, 0.25) is 11.8 Å². The van der Waals surface area contributed by atoms with Gasteiger partial charge in [-0.1, -0.05) is 39.7 Å². The number of nitrogens with one attached hydrogen (secondary N) is 2. The zero-order chi connectivity index (χ0) is 18.4. The average Bonchev–Trinajstić information content (AvgIpc) is 2.52. The van der Waals surface area contributed by atoms with E-state index in [1.807, 2.05) is 25.1 Å². The van der Waals surface area contributed by atoms with E-state index < -0.39 is 0 Å². The number of halogens is 2. The molecule has 0 heterocycles. The number of aryl methyl sites for hydroxylation is 1. The van der Waals surface area contributed by atoms with Gasteiger partial charge in [0, 0.05) is 10.2 Å². The van der Waals surface area contributed by atoms with Crippen molar-refractivity contribution in [3.05, 3.63) is 57.5 Å². The number of amides is 2. The molecular formula is C18H19BrClN3O2. The number of hydrogen-bond acceptors (Lipinski definition) is 3. The Balaban J connectivity index is 1.84. The maximum absolute atomic E-state index is 12.1. The van der Waals surface area contributed by atoms with Crippen LogP contribution in [0.5, 0.6) is 0 Å². The summed E-state index contributed by atoms with van der Waals surface area (Å²) in [4.78, 5) is 25.8. The smallest absolute Gasteiger partial charge is 0.238 e. The number of nitrogens with zero attached hydrogens (tertiary/aromatic N) is 1. The van der Waals surface area contributed by atoms with Crippen molar-refractivity contribution in [1.82, 2.24) is 4.90 Å². The van der Waals surface area contributed by atoms with Gasteiger partial charge in [-0.15, -0.1) is 0 Å². The number of rotatable bonds is 6. The van der Waals surface area contributed by atoms with Crippen LogP contribution in [0.15, 0.2) is 46.9 Å². The Kier molecular flexibility index (Phi) is 6.99. The van der Waals surface area contributed by atoms with Gasteiger partial charge in [0.25, 0.3) is 0 Å². The van der Waals surface area contributed by atoms with Gasteiger partial charge in [0.15, 0.2) is 0 Å². The topological polar surface area (TPSA) is 61.4 Å². The van der Waals surface area contributed by atoms with Gasteiger partial charge >= 0.3 is 0 Å². The quantitative estimate of drug-likeness (QED) is 0.739. The molecule has 0 saturated carbocycles. The standard InChI is InChI=1S/C18H19BrClN3O2/c1-12-9-13(19)7-8-15(12)21-17(24)10-23(2)11-18(25)22-16-6-4-3-5-14(16)20/h3-9H,10-11H2,1-2H3,(H,21,24)(H,22,25). The molecule has 0 fully saturated rings. The summed E-state index contributed by atoms with van der Waals surface area (Å²) >= 11 is 9.40. The second kappa shape index (κ2) is 8.99. The molecule has 132 valence electrons. The highest BCUT2D eigenvalue weighted by Gasteiger charge is 2.12. The van der Waals surface area contributed by atoms with Crippen molar-refractivity contribution in [3.63, 3.8) is 0 Å². The summed E-state index contributed by atoms with van der Waals surface area (Å²) in [6.07, 6.45) is 0. The highest BCUT2D eigenvalue weighted by Crippen LogP contribution is 2.21. The largest absolute Gasteiger partial charge is 0.325 e. The van der Waals surface area contributed by atoms with Gasteiger partial charge in [0.05, 0.1) is 23.8 Å². The van der Waals surface area contributed by atoms with Crippen LogP contribution in [-0.4, -0.2) is 36.9 Å². The molecule has 2 aromatic rings. The first-order chi connectivity index (χ1) is 11.8. The first-order valence-corrected chi connectivity index (χ1v) is 8.81. The molecule has 2 aromatic carbocycles. The molecular weight excluding hydrogens is 406 g/mol. The zero-order valence-electron chi connectivity index (χ0n) is 14.0. The second-order valence-electron chi connectivity index (χ2n) is 5.71. The van der Waals surface area contributed by atoms with Crippen LogP contribution >= 0.6 is 27.5 Å². The van der Waals surface area contributed by atoms with Crippen LogP contribution in [0, 0.1) is 6.92 Å². The van der Waals surface area contributed by atoms with Crippen molar-refractivity contribution in [2.24, 2.45) is 0 Å². The van der Waals surface area contributed by atoms with Gasteiger partial charge in [-0.05, 0) is 49.9 Å². The summed E-state index contributed by atoms with van der Waals surface area (Å²) in [7, 11) is 1.71. The summed E-state index contributed by atoms with van der Waals surface area (Å²) in [5.74, 6) is -0.415. The van der Waals surface area contributed by atoms with Crippen LogP contribution in [0.25, 0.3) is 0 Å². The van der Waals surface area contributed by atoms with Crippen LogP contribution < -0.4 is 10.6 Å². The molecule has 0 atom stereocenters. The minimum atomic E-state index is -0.233. The van der Waals surface area contributed by atoms with Crippen molar-refractivity contribution in [1.29, 1.82) is 0 Å². The Bertz CT molecular complexity index is 783. The number of hydrogen-bond donors (Lipinski definition) is 2. The summed E-state index contributed by atoms with van der Waals surface area (Å²) < 4.78 is 0.955. The van der Waals surface area contributed by atoms with E-state index in [0.29, 0.717) is 10.7 Å². The van der Waals surface area contributed by atoms with Gasteiger partial charge in [-0.2, -0.15) is 0 Å². The van der Waals surface area contributed by atoms with Crippen molar-refractivity contribution in [2.45, 2.75) is 6.92 Å². The summed E-state index contributed by atoms with van der Waals surface area (Å²) in [6.45, 7) is 2.10. The molecule has 0 saturated heterocycles. The van der Waals surface area contributed by atoms with Crippen LogP contribution in [0.1, 0.15) is 5.56 Å². The van der Waals surface area contributed by atoms with E-state index in [1.54, 1.807) is 36.2 Å². The lowest BCUT2D eigenvalue weighted by molar-refractivity contribution is -0.119.